The van der Waals surface area contributed by atoms with E-state index in [9.17, 15) is 0 Å². The van der Waals surface area contributed by atoms with Crippen molar-refractivity contribution in [1.82, 2.24) is 25.1 Å². The van der Waals surface area contributed by atoms with Gasteiger partial charge in [-0.2, -0.15) is 5.10 Å². The van der Waals surface area contributed by atoms with Crippen LogP contribution in [-0.2, 0) is 13.2 Å². The van der Waals surface area contributed by atoms with Crippen molar-refractivity contribution in [2.24, 2.45) is 0 Å². The number of rotatable bonds is 7. The molecule has 2 aromatic heterocycles. The molecule has 2 N–H and O–H groups in total. The molecule has 4 rings (SSSR count). The lowest BCUT2D eigenvalue weighted by molar-refractivity contribution is 0.301. The quantitative estimate of drug-likeness (QED) is 0.668. The van der Waals surface area contributed by atoms with E-state index in [0.29, 0.717) is 18.4 Å². The van der Waals surface area contributed by atoms with E-state index in [0.717, 1.165) is 49.0 Å². The van der Waals surface area contributed by atoms with Crippen LogP contribution in [0.2, 0.25) is 0 Å². The van der Waals surface area contributed by atoms with Crippen molar-refractivity contribution in [3.63, 3.8) is 0 Å². The van der Waals surface area contributed by atoms with Crippen molar-refractivity contribution in [2.45, 2.75) is 45.3 Å². The molecular weight excluding hydrogens is 338 g/mol. The molecule has 0 amide bonds. The molecule has 3 aromatic rings. The number of aromatic amines is 2. The average molecular weight is 365 g/mol. The molecule has 27 heavy (non-hydrogen) atoms. The van der Waals surface area contributed by atoms with Crippen LogP contribution in [0, 0.1) is 0 Å². The molecule has 1 aliphatic rings. The van der Waals surface area contributed by atoms with Gasteiger partial charge in [-0.05, 0) is 42.6 Å². The Morgan fingerprint density at radius 2 is 2.11 bits per heavy atom. The minimum atomic E-state index is 0.468. The summed E-state index contributed by atoms with van der Waals surface area (Å²) < 4.78 is 5.90. The van der Waals surface area contributed by atoms with Crippen LogP contribution in [0.15, 0.2) is 42.7 Å². The first kappa shape index (κ1) is 17.8. The maximum absolute atomic E-state index is 5.90. The summed E-state index contributed by atoms with van der Waals surface area (Å²) in [5.74, 6) is 2.92. The largest absolute Gasteiger partial charge is 0.487 e. The maximum Gasteiger partial charge on any atom is 0.130 e. The lowest BCUT2D eigenvalue weighted by Crippen LogP contribution is -2.20. The van der Waals surface area contributed by atoms with E-state index in [1.165, 1.54) is 5.56 Å². The Bertz CT molecular complexity index is 838. The van der Waals surface area contributed by atoms with Crippen molar-refractivity contribution in [2.75, 3.05) is 13.1 Å². The van der Waals surface area contributed by atoms with E-state index >= 15 is 0 Å². The van der Waals surface area contributed by atoms with Crippen LogP contribution in [0.3, 0.4) is 0 Å². The Balaban J connectivity index is 1.29. The molecule has 142 valence electrons. The van der Waals surface area contributed by atoms with Crippen LogP contribution in [0.5, 0.6) is 5.75 Å². The molecular formula is C21H27N5O. The Hall–Kier alpha value is -2.60. The molecule has 1 atom stereocenters. The van der Waals surface area contributed by atoms with E-state index in [2.05, 4.69) is 57.1 Å². The van der Waals surface area contributed by atoms with Crippen molar-refractivity contribution in [3.05, 3.63) is 65.5 Å². The zero-order valence-electron chi connectivity index (χ0n) is 16.0. The fourth-order valence-corrected chi connectivity index (χ4v) is 3.59. The first-order chi connectivity index (χ1) is 13.2. The summed E-state index contributed by atoms with van der Waals surface area (Å²) in [5.41, 5.74) is 3.47. The van der Waals surface area contributed by atoms with Gasteiger partial charge in [0.15, 0.2) is 0 Å². The molecule has 6 nitrogen and oxygen atoms in total. The van der Waals surface area contributed by atoms with Gasteiger partial charge in [0.25, 0.3) is 0 Å². The summed E-state index contributed by atoms with van der Waals surface area (Å²) in [5, 5.41) is 7.66. The third-order valence-electron chi connectivity index (χ3n) is 5.21. The Labute approximate surface area is 160 Å². The second kappa shape index (κ2) is 7.96. The predicted octanol–water partition coefficient (Wildman–Crippen LogP) is 3.82. The molecule has 1 fully saturated rings. The highest BCUT2D eigenvalue weighted by Crippen LogP contribution is 2.27. The number of hydrogen-bond acceptors (Lipinski definition) is 4. The monoisotopic (exact) mass is 365 g/mol. The van der Waals surface area contributed by atoms with Gasteiger partial charge in [-0.3, -0.25) is 10.00 Å². The molecule has 0 aliphatic carbocycles. The van der Waals surface area contributed by atoms with Crippen molar-refractivity contribution in [1.29, 1.82) is 0 Å². The van der Waals surface area contributed by atoms with Crippen molar-refractivity contribution < 1.29 is 4.74 Å². The SMILES string of the molecule is CC(C)c1ccc(OCc2cc(C3CCN(Cc4ncc[nH]4)C3)n[nH]2)cc1. The number of ether oxygens (including phenoxy) is 1. The predicted molar refractivity (Wildman–Crippen MR) is 105 cm³/mol. The summed E-state index contributed by atoms with van der Waals surface area (Å²) in [4.78, 5) is 9.91. The Morgan fingerprint density at radius 1 is 1.26 bits per heavy atom. The molecule has 0 radical (unpaired) electrons. The van der Waals surface area contributed by atoms with Gasteiger partial charge in [-0.1, -0.05) is 26.0 Å². The highest BCUT2D eigenvalue weighted by Gasteiger charge is 2.26. The zero-order chi connectivity index (χ0) is 18.6. The summed E-state index contributed by atoms with van der Waals surface area (Å²) in [7, 11) is 0. The number of likely N-dealkylation sites (tertiary alicyclic amines) is 1. The molecule has 0 saturated carbocycles. The van der Waals surface area contributed by atoms with Crippen LogP contribution >= 0.6 is 0 Å². The fraction of sp³-hybridized carbons (Fsp3) is 0.429. The van der Waals surface area contributed by atoms with Gasteiger partial charge in [-0.25, -0.2) is 4.98 Å². The van der Waals surface area contributed by atoms with E-state index in [1.807, 2.05) is 18.3 Å². The highest BCUT2D eigenvalue weighted by molar-refractivity contribution is 5.29. The van der Waals surface area contributed by atoms with E-state index in [4.69, 9.17) is 4.74 Å². The van der Waals surface area contributed by atoms with Crippen molar-refractivity contribution in [3.8, 4) is 5.75 Å². The molecule has 1 unspecified atom stereocenters. The number of hydrogen-bond donors (Lipinski definition) is 2. The number of benzene rings is 1. The van der Waals surface area contributed by atoms with Gasteiger partial charge in [0.05, 0.1) is 17.9 Å². The molecule has 0 spiro atoms. The highest BCUT2D eigenvalue weighted by atomic mass is 16.5. The average Bonchev–Trinajstić information content (AvgIpc) is 3.42. The Kier molecular flexibility index (Phi) is 5.25. The van der Waals surface area contributed by atoms with E-state index in [1.54, 1.807) is 6.20 Å². The number of aromatic nitrogens is 4. The minimum Gasteiger partial charge on any atom is -0.487 e. The first-order valence-electron chi connectivity index (χ1n) is 9.65. The molecule has 3 heterocycles. The van der Waals surface area contributed by atoms with Gasteiger partial charge in [0.2, 0.25) is 0 Å². The lowest BCUT2D eigenvalue weighted by Gasteiger charge is -2.13. The van der Waals surface area contributed by atoms with Gasteiger partial charge >= 0.3 is 0 Å². The zero-order valence-corrected chi connectivity index (χ0v) is 16.0. The van der Waals surface area contributed by atoms with Gasteiger partial charge < -0.3 is 9.72 Å². The van der Waals surface area contributed by atoms with Crippen LogP contribution in [-0.4, -0.2) is 38.2 Å². The molecule has 1 aromatic carbocycles. The van der Waals surface area contributed by atoms with Crippen LogP contribution in [0.25, 0.3) is 0 Å². The summed E-state index contributed by atoms with van der Waals surface area (Å²) in [6, 6.07) is 10.5. The summed E-state index contributed by atoms with van der Waals surface area (Å²) in [6.45, 7) is 7.86. The number of imidazole rings is 1. The molecule has 1 saturated heterocycles. The number of H-pyrrole nitrogens is 2. The van der Waals surface area contributed by atoms with Gasteiger partial charge in [0.1, 0.15) is 18.2 Å². The smallest absolute Gasteiger partial charge is 0.130 e. The number of nitrogens with zero attached hydrogens (tertiary/aromatic N) is 3. The third kappa shape index (κ3) is 4.39. The minimum absolute atomic E-state index is 0.468. The van der Waals surface area contributed by atoms with Gasteiger partial charge in [0, 0.05) is 24.9 Å². The standard InChI is InChI=1S/C21H27N5O/c1-15(2)16-3-5-19(6-4-16)27-14-18-11-20(25-24-18)17-7-10-26(12-17)13-21-22-8-9-23-21/h3-6,8-9,11,15,17H,7,10,12-14H2,1-2H3,(H,22,23)(H,24,25). The molecule has 0 bridgehead atoms. The molecule has 6 heteroatoms. The fourth-order valence-electron chi connectivity index (χ4n) is 3.59. The molecule has 1 aliphatic heterocycles. The Morgan fingerprint density at radius 3 is 2.85 bits per heavy atom. The second-order valence-corrected chi connectivity index (χ2v) is 7.59. The maximum atomic E-state index is 5.90. The topological polar surface area (TPSA) is 69.8 Å². The third-order valence-corrected chi connectivity index (χ3v) is 5.21. The van der Waals surface area contributed by atoms with Crippen molar-refractivity contribution >= 4 is 0 Å². The van der Waals surface area contributed by atoms with Crippen LogP contribution in [0.1, 0.15) is 54.9 Å². The normalized spacial score (nSPS) is 17.7. The van der Waals surface area contributed by atoms with Gasteiger partial charge in [-0.15, -0.1) is 0 Å². The first-order valence-corrected chi connectivity index (χ1v) is 9.65. The van der Waals surface area contributed by atoms with Crippen LogP contribution < -0.4 is 4.74 Å². The van der Waals surface area contributed by atoms with Crippen LogP contribution in [0.4, 0.5) is 0 Å². The summed E-state index contributed by atoms with van der Waals surface area (Å²) in [6.07, 6.45) is 4.81. The number of nitrogens with one attached hydrogen (secondary N) is 2. The summed E-state index contributed by atoms with van der Waals surface area (Å²) >= 11 is 0. The lowest BCUT2D eigenvalue weighted by atomic mass is 10.0. The van der Waals surface area contributed by atoms with E-state index in [-0.39, 0.29) is 0 Å². The second-order valence-electron chi connectivity index (χ2n) is 7.59. The van der Waals surface area contributed by atoms with E-state index < -0.39 is 0 Å².